The van der Waals surface area contributed by atoms with Gasteiger partial charge in [0.15, 0.2) is 0 Å². The van der Waals surface area contributed by atoms with Gasteiger partial charge in [0, 0.05) is 29.9 Å². The van der Waals surface area contributed by atoms with E-state index in [0.29, 0.717) is 21.7 Å². The molecule has 0 heterocycles. The Morgan fingerprint density at radius 2 is 1.58 bits per heavy atom. The predicted molar refractivity (Wildman–Crippen MR) is 110 cm³/mol. The second kappa shape index (κ2) is 9.67. The van der Waals surface area contributed by atoms with Gasteiger partial charge >= 0.3 is 6.18 Å². The van der Waals surface area contributed by atoms with Crippen molar-refractivity contribution < 1.29 is 31.2 Å². The lowest BCUT2D eigenvalue weighted by atomic mass is 10.2. The van der Waals surface area contributed by atoms with E-state index < -0.39 is 39.1 Å². The second-order valence-corrected chi connectivity index (χ2v) is 8.72. The molecule has 0 saturated heterocycles. The van der Waals surface area contributed by atoms with Gasteiger partial charge in [0.25, 0.3) is 0 Å². The van der Waals surface area contributed by atoms with Gasteiger partial charge in [-0.2, -0.15) is 17.5 Å². The first kappa shape index (κ1) is 24.6. The molecule has 2 amide bonds. The van der Waals surface area contributed by atoms with Crippen molar-refractivity contribution in [2.75, 3.05) is 23.7 Å². The number of hydrogen-bond donors (Lipinski definition) is 2. The van der Waals surface area contributed by atoms with Crippen LogP contribution in [-0.4, -0.2) is 37.6 Å². The van der Waals surface area contributed by atoms with Crippen molar-refractivity contribution in [2.45, 2.75) is 24.9 Å². The normalized spacial score (nSPS) is 12.0. The molecule has 0 spiro atoms. The average Bonchev–Trinajstić information content (AvgIpc) is 2.66. The fourth-order valence-electron chi connectivity index (χ4n) is 2.66. The monoisotopic (exact) mass is 477 g/mol. The first-order valence-electron chi connectivity index (χ1n) is 8.89. The van der Waals surface area contributed by atoms with Gasteiger partial charge in [-0.3, -0.25) is 9.59 Å². The van der Waals surface area contributed by atoms with Gasteiger partial charge in [-0.05, 0) is 42.5 Å². The van der Waals surface area contributed by atoms with Crippen molar-refractivity contribution in [2.24, 2.45) is 0 Å². The summed E-state index contributed by atoms with van der Waals surface area (Å²) >= 11 is 5.60. The largest absolute Gasteiger partial charge is 0.417 e. The quantitative estimate of drug-likeness (QED) is 0.631. The molecule has 7 nitrogen and oxygen atoms in total. The molecule has 0 aliphatic carbocycles. The number of halogens is 4. The maximum absolute atomic E-state index is 13.3. The van der Waals surface area contributed by atoms with E-state index in [4.69, 9.17) is 11.6 Å². The van der Waals surface area contributed by atoms with E-state index in [1.165, 1.54) is 38.1 Å². The summed E-state index contributed by atoms with van der Waals surface area (Å²) in [6.07, 6.45) is -4.95. The molecule has 0 aromatic heterocycles. The number of nitrogens with one attached hydrogen (secondary N) is 2. The highest BCUT2D eigenvalue weighted by Crippen LogP contribution is 2.36. The van der Waals surface area contributed by atoms with Gasteiger partial charge in [0.1, 0.15) is 0 Å². The van der Waals surface area contributed by atoms with Crippen molar-refractivity contribution in [3.05, 3.63) is 53.1 Å². The van der Waals surface area contributed by atoms with Crippen molar-refractivity contribution in [1.82, 2.24) is 4.31 Å². The molecule has 2 aromatic rings. The molecular weight excluding hydrogens is 459 g/mol. The third-order valence-electron chi connectivity index (χ3n) is 4.03. The first-order chi connectivity index (χ1) is 14.3. The molecule has 12 heteroatoms. The Balaban J connectivity index is 2.22. The first-order valence-corrected chi connectivity index (χ1v) is 10.7. The van der Waals surface area contributed by atoms with Crippen molar-refractivity contribution in [3.63, 3.8) is 0 Å². The number of carbonyl (C=O) groups is 2. The summed E-state index contributed by atoms with van der Waals surface area (Å²) in [4.78, 5) is 22.4. The summed E-state index contributed by atoms with van der Waals surface area (Å²) in [5.41, 5.74) is -0.604. The van der Waals surface area contributed by atoms with Crippen molar-refractivity contribution in [1.29, 1.82) is 0 Å². The Morgan fingerprint density at radius 1 is 1.03 bits per heavy atom. The van der Waals surface area contributed by atoms with Crippen molar-refractivity contribution in [3.8, 4) is 0 Å². The van der Waals surface area contributed by atoms with E-state index >= 15 is 0 Å². The van der Waals surface area contributed by atoms with Crippen LogP contribution in [0.1, 0.15) is 19.4 Å². The number of alkyl halides is 3. The lowest BCUT2D eigenvalue weighted by Gasteiger charge is -2.22. The maximum Gasteiger partial charge on any atom is 0.417 e. The molecule has 0 bridgehead atoms. The minimum absolute atomic E-state index is 0.239. The number of amides is 2. The number of nitrogens with zero attached hydrogens (tertiary/aromatic N) is 1. The standard InChI is InChI=1S/C19H19ClF3N3O4S/c1-3-26(11-18(28)25-15-7-5-14(6-8-15)24-12(2)27)31(29,30)17-9-4-13(20)10-16(17)19(21,22)23/h4-10H,3,11H2,1-2H3,(H,24,27)(H,25,28). The molecule has 0 radical (unpaired) electrons. The van der Waals surface area contributed by atoms with Crippen LogP contribution in [0, 0.1) is 0 Å². The van der Waals surface area contributed by atoms with Gasteiger partial charge in [-0.15, -0.1) is 0 Å². The van der Waals surface area contributed by atoms with Crippen LogP contribution in [0.25, 0.3) is 0 Å². The van der Waals surface area contributed by atoms with Crippen LogP contribution in [0.2, 0.25) is 5.02 Å². The van der Waals surface area contributed by atoms with Gasteiger partial charge in [0.2, 0.25) is 21.8 Å². The molecule has 0 saturated carbocycles. The van der Waals surface area contributed by atoms with Gasteiger partial charge < -0.3 is 10.6 Å². The van der Waals surface area contributed by atoms with Gasteiger partial charge in [-0.1, -0.05) is 18.5 Å². The number of hydrogen-bond acceptors (Lipinski definition) is 4. The smallest absolute Gasteiger partial charge is 0.326 e. The molecule has 2 N–H and O–H groups in total. The van der Waals surface area contributed by atoms with Crippen LogP contribution < -0.4 is 10.6 Å². The Morgan fingerprint density at radius 3 is 2.06 bits per heavy atom. The fraction of sp³-hybridized carbons (Fsp3) is 0.263. The highest BCUT2D eigenvalue weighted by atomic mass is 35.5. The van der Waals surface area contributed by atoms with E-state index in [0.717, 1.165) is 12.1 Å². The summed E-state index contributed by atoms with van der Waals surface area (Å²) in [5, 5.41) is 4.74. The second-order valence-electron chi connectivity index (χ2n) is 6.38. The third kappa shape index (κ3) is 6.42. The Hall–Kier alpha value is -2.63. The van der Waals surface area contributed by atoms with Crippen LogP contribution in [0.5, 0.6) is 0 Å². The molecular formula is C19H19ClF3N3O4S. The zero-order valence-corrected chi connectivity index (χ0v) is 18.0. The van der Waals surface area contributed by atoms with Crippen LogP contribution in [0.3, 0.4) is 0 Å². The van der Waals surface area contributed by atoms with Crippen LogP contribution in [-0.2, 0) is 25.8 Å². The minimum atomic E-state index is -4.95. The molecule has 2 rings (SSSR count). The maximum atomic E-state index is 13.3. The van der Waals surface area contributed by atoms with Gasteiger partial charge in [0.05, 0.1) is 17.0 Å². The lowest BCUT2D eigenvalue weighted by molar-refractivity contribution is -0.139. The summed E-state index contributed by atoms with van der Waals surface area (Å²) in [7, 11) is -4.64. The molecule has 2 aromatic carbocycles. The number of carbonyl (C=O) groups excluding carboxylic acids is 2. The number of sulfonamides is 1. The summed E-state index contributed by atoms with van der Waals surface area (Å²) in [6, 6.07) is 8.34. The highest BCUT2D eigenvalue weighted by molar-refractivity contribution is 7.89. The highest BCUT2D eigenvalue weighted by Gasteiger charge is 2.39. The molecule has 0 unspecified atom stereocenters. The SMILES string of the molecule is CCN(CC(=O)Nc1ccc(NC(C)=O)cc1)S(=O)(=O)c1ccc(Cl)cc1C(F)(F)F. The lowest BCUT2D eigenvalue weighted by Crippen LogP contribution is -2.38. The zero-order chi connectivity index (χ0) is 23.4. The fourth-order valence-corrected chi connectivity index (χ4v) is 4.43. The third-order valence-corrected chi connectivity index (χ3v) is 6.24. The molecule has 0 aliphatic heterocycles. The topological polar surface area (TPSA) is 95.6 Å². The van der Waals surface area contributed by atoms with Gasteiger partial charge in [-0.25, -0.2) is 8.42 Å². The van der Waals surface area contributed by atoms with E-state index in [2.05, 4.69) is 10.6 Å². The van der Waals surface area contributed by atoms with Crippen LogP contribution in [0.15, 0.2) is 47.4 Å². The molecule has 0 atom stereocenters. The predicted octanol–water partition coefficient (Wildman–Crippen LogP) is 3.97. The molecule has 0 fully saturated rings. The van der Waals surface area contributed by atoms with E-state index in [1.54, 1.807) is 0 Å². The molecule has 168 valence electrons. The summed E-state index contributed by atoms with van der Waals surface area (Å²) < 4.78 is 66.3. The zero-order valence-electron chi connectivity index (χ0n) is 16.5. The minimum Gasteiger partial charge on any atom is -0.326 e. The van der Waals surface area contributed by atoms with Crippen LogP contribution >= 0.6 is 11.6 Å². The average molecular weight is 478 g/mol. The van der Waals surface area contributed by atoms with Crippen LogP contribution in [0.4, 0.5) is 24.5 Å². The van der Waals surface area contributed by atoms with Crippen molar-refractivity contribution >= 4 is 44.8 Å². The van der Waals surface area contributed by atoms with E-state index in [-0.39, 0.29) is 17.5 Å². The molecule has 0 aliphatic rings. The number of rotatable bonds is 7. The van der Waals surface area contributed by atoms with E-state index in [1.807, 2.05) is 0 Å². The Bertz CT molecular complexity index is 1070. The summed E-state index contributed by atoms with van der Waals surface area (Å²) in [6.45, 7) is 1.79. The Labute approximate surface area is 182 Å². The number of likely N-dealkylation sites (N-methyl/N-ethyl adjacent to an activating group) is 1. The number of anilines is 2. The van der Waals surface area contributed by atoms with E-state index in [9.17, 15) is 31.2 Å². The Kier molecular flexibility index (Phi) is 7.68. The molecule has 31 heavy (non-hydrogen) atoms. The number of benzene rings is 2. The summed E-state index contributed by atoms with van der Waals surface area (Å²) in [5.74, 6) is -1.03.